The number of benzene rings is 1. The molecule has 0 saturated carbocycles. The lowest BCUT2D eigenvalue weighted by Gasteiger charge is -1.94. The van der Waals surface area contributed by atoms with Crippen LogP contribution in [0.4, 0.5) is 5.69 Å². The number of phenols is 1. The Labute approximate surface area is 67.7 Å². The predicted octanol–water partition coefficient (Wildman–Crippen LogP) is 1.60. The molecule has 0 spiro atoms. The van der Waals surface area contributed by atoms with E-state index in [0.29, 0.717) is 5.75 Å². The van der Waals surface area contributed by atoms with Crippen molar-refractivity contribution in [3.63, 3.8) is 0 Å². The van der Waals surface area contributed by atoms with E-state index in [4.69, 9.17) is 5.11 Å². The van der Waals surface area contributed by atoms with Crippen LogP contribution in [0.15, 0.2) is 18.2 Å². The molecule has 0 fully saturated rings. The summed E-state index contributed by atoms with van der Waals surface area (Å²) in [5.74, 6) is 0.322. The van der Waals surface area contributed by atoms with Crippen LogP contribution in [0.5, 0.6) is 5.75 Å². The van der Waals surface area contributed by atoms with Crippen LogP contribution in [-0.4, -0.2) is 5.11 Å². The van der Waals surface area contributed by atoms with Gasteiger partial charge in [-0.25, -0.2) is 0 Å². The van der Waals surface area contributed by atoms with Gasteiger partial charge in [0, 0.05) is 6.07 Å². The van der Waals surface area contributed by atoms with E-state index in [1.54, 1.807) is 6.07 Å². The fourth-order valence-corrected chi connectivity index (χ4v) is 0.655. The highest BCUT2D eigenvalue weighted by molar-refractivity contribution is 5.41. The molecule has 0 aliphatic rings. The van der Waals surface area contributed by atoms with Gasteiger partial charge in [-0.2, -0.15) is 0 Å². The maximum Gasteiger partial charge on any atom is 0.131 e. The topological polar surface area (TPSA) is 47.9 Å². The molecule has 1 aromatic carbocycles. The molecule has 2 heteroatoms. The van der Waals surface area contributed by atoms with Gasteiger partial charge in [-0.3, -0.25) is 0 Å². The lowest BCUT2D eigenvalue weighted by atomic mass is 10.2. The van der Waals surface area contributed by atoms with Gasteiger partial charge in [0.25, 0.3) is 0 Å². The van der Waals surface area contributed by atoms with Crippen molar-refractivity contribution in [2.75, 3.05) is 0 Å². The molecule has 0 atom stereocenters. The second-order valence-corrected chi connectivity index (χ2v) is 2.12. The van der Waals surface area contributed by atoms with Gasteiger partial charge >= 0.3 is 0 Å². The zero-order valence-corrected chi connectivity index (χ0v) is 7.39. The lowest BCUT2D eigenvalue weighted by molar-refractivity contribution is -0.254. The molecule has 0 aliphatic heterocycles. The molecule has 0 unspecified atom stereocenters. The van der Waals surface area contributed by atoms with Gasteiger partial charge < -0.3 is 10.8 Å². The van der Waals surface area contributed by atoms with Crippen molar-refractivity contribution in [3.05, 3.63) is 23.8 Å². The van der Waals surface area contributed by atoms with Crippen LogP contribution in [0, 0.1) is 6.92 Å². The molecule has 0 heterocycles. The fourth-order valence-electron chi connectivity index (χ4n) is 0.655. The third-order valence-electron chi connectivity index (χ3n) is 1.27. The van der Waals surface area contributed by atoms with E-state index in [1.165, 1.54) is 0 Å². The van der Waals surface area contributed by atoms with E-state index in [9.17, 15) is 0 Å². The summed E-state index contributed by atoms with van der Waals surface area (Å²) in [5.41, 5.74) is 5.40. The molecule has 1 aromatic rings. The number of quaternary nitrogens is 1. The molecule has 4 N–H and O–H groups in total. The van der Waals surface area contributed by atoms with E-state index >= 15 is 0 Å². The zero-order chi connectivity index (χ0) is 8.85. The van der Waals surface area contributed by atoms with Gasteiger partial charge in [0.15, 0.2) is 0 Å². The van der Waals surface area contributed by atoms with Gasteiger partial charge in [0.2, 0.25) is 0 Å². The number of hydrogen-bond acceptors (Lipinski definition) is 1. The van der Waals surface area contributed by atoms with Crippen LogP contribution in [0.1, 0.15) is 19.4 Å². The van der Waals surface area contributed by atoms with Crippen molar-refractivity contribution >= 4 is 5.69 Å². The Balaban J connectivity index is 0.000000461. The Morgan fingerprint density at radius 2 is 1.82 bits per heavy atom. The molecule has 1 rings (SSSR count). The average Bonchev–Trinajstić information content (AvgIpc) is 2.02. The number of hydrogen-bond donors (Lipinski definition) is 2. The Kier molecular flexibility index (Phi) is 4.30. The van der Waals surface area contributed by atoms with Crippen LogP contribution in [0.25, 0.3) is 0 Å². The second-order valence-electron chi connectivity index (χ2n) is 2.12. The highest BCUT2D eigenvalue weighted by atomic mass is 16.3. The quantitative estimate of drug-likeness (QED) is 0.586. The van der Waals surface area contributed by atoms with E-state index in [0.717, 1.165) is 11.3 Å². The molecule has 0 radical (unpaired) electrons. The molecule has 0 amide bonds. The van der Waals surface area contributed by atoms with Gasteiger partial charge in [-0.15, -0.1) is 0 Å². The van der Waals surface area contributed by atoms with E-state index in [2.05, 4.69) is 5.73 Å². The summed E-state index contributed by atoms with van der Waals surface area (Å²) < 4.78 is 0. The number of phenolic OH excluding ortho intramolecular Hbond substituents is 1. The Hall–Kier alpha value is -1.02. The maximum absolute atomic E-state index is 9.06. The minimum Gasteiger partial charge on any atom is -0.507 e. The first-order valence-corrected chi connectivity index (χ1v) is 3.82. The third-order valence-corrected chi connectivity index (χ3v) is 1.27. The second kappa shape index (κ2) is 4.74. The summed E-state index contributed by atoms with van der Waals surface area (Å²) in [6.45, 7) is 5.86. The summed E-state index contributed by atoms with van der Waals surface area (Å²) in [6, 6.07) is 5.36. The van der Waals surface area contributed by atoms with Crippen LogP contribution >= 0.6 is 0 Å². The molecular weight excluding hydrogens is 138 g/mol. The Bertz CT molecular complexity index is 221. The van der Waals surface area contributed by atoms with E-state index in [1.807, 2.05) is 32.9 Å². The third kappa shape index (κ3) is 3.05. The molecule has 0 bridgehead atoms. The van der Waals surface area contributed by atoms with E-state index in [-0.39, 0.29) is 0 Å². The molecule has 0 aromatic heterocycles. The van der Waals surface area contributed by atoms with Crippen LogP contribution in [0.2, 0.25) is 0 Å². The van der Waals surface area contributed by atoms with Crippen LogP contribution in [0.3, 0.4) is 0 Å². The first kappa shape index (κ1) is 9.98. The summed E-state index contributed by atoms with van der Waals surface area (Å²) in [5, 5.41) is 9.06. The summed E-state index contributed by atoms with van der Waals surface area (Å²) in [4.78, 5) is 0. The van der Waals surface area contributed by atoms with Crippen LogP contribution in [-0.2, 0) is 0 Å². The molecule has 0 aliphatic carbocycles. The molecule has 2 nitrogen and oxygen atoms in total. The molecular formula is C9H16NO+. The lowest BCUT2D eigenvalue weighted by Crippen LogP contribution is -2.39. The van der Waals surface area contributed by atoms with Crippen LogP contribution < -0.4 is 5.73 Å². The maximum atomic E-state index is 9.06. The van der Waals surface area contributed by atoms with Crippen molar-refractivity contribution in [2.24, 2.45) is 0 Å². The number of aryl methyl sites for hydroxylation is 1. The van der Waals surface area contributed by atoms with Crippen molar-refractivity contribution in [2.45, 2.75) is 20.8 Å². The standard InChI is InChI=1S/C7H9NO.C2H6/c1-5-2-3-6(8)4-7(5)9;1-2/h2-4,9H,8H2,1H3;1-2H3/p+1. The monoisotopic (exact) mass is 154 g/mol. The SMILES string of the molecule is CC.Cc1ccc([NH3+])cc1O. The number of rotatable bonds is 0. The van der Waals surface area contributed by atoms with Gasteiger partial charge in [0.1, 0.15) is 11.4 Å². The largest absolute Gasteiger partial charge is 0.507 e. The molecule has 62 valence electrons. The smallest absolute Gasteiger partial charge is 0.131 e. The minimum atomic E-state index is 0.322. The van der Waals surface area contributed by atoms with Gasteiger partial charge in [-0.05, 0) is 24.6 Å². The fraction of sp³-hybridized carbons (Fsp3) is 0.333. The number of aromatic hydroxyl groups is 1. The molecule has 0 saturated heterocycles. The summed E-state index contributed by atoms with van der Waals surface area (Å²) in [7, 11) is 0. The van der Waals surface area contributed by atoms with Crippen molar-refractivity contribution in [3.8, 4) is 5.75 Å². The average molecular weight is 154 g/mol. The first-order chi connectivity index (χ1) is 5.20. The van der Waals surface area contributed by atoms with E-state index < -0.39 is 0 Å². The normalized spacial score (nSPS) is 8.36. The first-order valence-electron chi connectivity index (χ1n) is 3.82. The summed E-state index contributed by atoms with van der Waals surface area (Å²) >= 11 is 0. The summed E-state index contributed by atoms with van der Waals surface area (Å²) in [6.07, 6.45) is 0. The van der Waals surface area contributed by atoms with Crippen molar-refractivity contribution in [1.29, 1.82) is 0 Å². The van der Waals surface area contributed by atoms with Crippen molar-refractivity contribution in [1.82, 2.24) is 0 Å². The Morgan fingerprint density at radius 1 is 1.27 bits per heavy atom. The van der Waals surface area contributed by atoms with Gasteiger partial charge in [-0.1, -0.05) is 13.8 Å². The highest BCUT2D eigenvalue weighted by Gasteiger charge is 1.94. The minimum absolute atomic E-state index is 0.322. The predicted molar refractivity (Wildman–Crippen MR) is 46.7 cm³/mol. The zero-order valence-electron chi connectivity index (χ0n) is 7.39. The molecule has 11 heavy (non-hydrogen) atoms. The van der Waals surface area contributed by atoms with Gasteiger partial charge in [0.05, 0.1) is 0 Å². The highest BCUT2D eigenvalue weighted by Crippen LogP contribution is 2.16. The van der Waals surface area contributed by atoms with Crippen molar-refractivity contribution < 1.29 is 10.8 Å². The Morgan fingerprint density at radius 3 is 2.18 bits per heavy atom.